The maximum absolute atomic E-state index is 13.7. The number of halogens is 1. The van der Waals surface area contributed by atoms with Crippen molar-refractivity contribution >= 4 is 0 Å². The minimum atomic E-state index is -0.263. The summed E-state index contributed by atoms with van der Waals surface area (Å²) >= 11 is 0. The van der Waals surface area contributed by atoms with Gasteiger partial charge in [0.15, 0.2) is 0 Å². The van der Waals surface area contributed by atoms with Gasteiger partial charge in [0.2, 0.25) is 0 Å². The molecule has 2 aromatic rings. The van der Waals surface area contributed by atoms with Crippen LogP contribution in [0.1, 0.15) is 29.8 Å². The van der Waals surface area contributed by atoms with Gasteiger partial charge in [-0.15, -0.1) is 0 Å². The Kier molecular flexibility index (Phi) is 3.92. The number of hydrogen-bond donors (Lipinski definition) is 1. The molecule has 0 unspecified atom stereocenters. The molecule has 1 aromatic carbocycles. The lowest BCUT2D eigenvalue weighted by atomic mass is 10.2. The molecule has 4 nitrogen and oxygen atoms in total. The van der Waals surface area contributed by atoms with Crippen LogP contribution < -0.4 is 10.1 Å². The van der Waals surface area contributed by atoms with Crippen LogP contribution in [-0.4, -0.2) is 15.8 Å². The van der Waals surface area contributed by atoms with Gasteiger partial charge in [-0.2, -0.15) is 5.10 Å². The monoisotopic (exact) mass is 289 g/mol. The standard InChI is InChI=1S/C16H20FN3O/c1-11-5-15(20(2)19-11)10-21-16-7-12(6-13(17)8-16)9-18-14-3-4-14/h5-8,14,18H,3-4,9-10H2,1-2H3. The smallest absolute Gasteiger partial charge is 0.130 e. The molecule has 0 saturated heterocycles. The zero-order chi connectivity index (χ0) is 14.8. The van der Waals surface area contributed by atoms with Crippen LogP contribution >= 0.6 is 0 Å². The van der Waals surface area contributed by atoms with Crippen molar-refractivity contribution in [1.29, 1.82) is 0 Å². The van der Waals surface area contributed by atoms with E-state index in [0.29, 0.717) is 24.9 Å². The van der Waals surface area contributed by atoms with Gasteiger partial charge in [-0.3, -0.25) is 4.68 Å². The molecule has 1 aliphatic rings. The normalized spacial score (nSPS) is 14.4. The van der Waals surface area contributed by atoms with E-state index < -0.39 is 0 Å². The lowest BCUT2D eigenvalue weighted by molar-refractivity contribution is 0.293. The number of rotatable bonds is 6. The Labute approximate surface area is 123 Å². The Morgan fingerprint density at radius 1 is 1.33 bits per heavy atom. The van der Waals surface area contributed by atoms with E-state index in [1.807, 2.05) is 26.1 Å². The molecule has 0 radical (unpaired) electrons. The molecule has 0 spiro atoms. The summed E-state index contributed by atoms with van der Waals surface area (Å²) in [4.78, 5) is 0. The first kappa shape index (κ1) is 14.1. The maximum atomic E-state index is 13.7. The van der Waals surface area contributed by atoms with Crippen molar-refractivity contribution < 1.29 is 9.13 Å². The molecule has 1 heterocycles. The van der Waals surface area contributed by atoms with Gasteiger partial charge in [-0.05, 0) is 43.5 Å². The molecule has 21 heavy (non-hydrogen) atoms. The van der Waals surface area contributed by atoms with Crippen LogP contribution in [0.25, 0.3) is 0 Å². The zero-order valence-electron chi connectivity index (χ0n) is 12.4. The highest BCUT2D eigenvalue weighted by Gasteiger charge is 2.20. The summed E-state index contributed by atoms with van der Waals surface area (Å²) < 4.78 is 21.1. The Morgan fingerprint density at radius 2 is 2.14 bits per heavy atom. The van der Waals surface area contributed by atoms with E-state index in [1.54, 1.807) is 10.7 Å². The van der Waals surface area contributed by atoms with Gasteiger partial charge in [-0.25, -0.2) is 4.39 Å². The van der Waals surface area contributed by atoms with Crippen molar-refractivity contribution in [3.05, 3.63) is 47.0 Å². The lowest BCUT2D eigenvalue weighted by Gasteiger charge is -2.09. The van der Waals surface area contributed by atoms with E-state index in [4.69, 9.17) is 4.74 Å². The molecule has 0 amide bonds. The molecule has 0 atom stereocenters. The fourth-order valence-electron chi connectivity index (χ4n) is 2.31. The summed E-state index contributed by atoms with van der Waals surface area (Å²) in [6.45, 7) is 3.01. The molecule has 1 saturated carbocycles. The number of nitrogens with zero attached hydrogens (tertiary/aromatic N) is 2. The first-order valence-corrected chi connectivity index (χ1v) is 7.25. The largest absolute Gasteiger partial charge is 0.487 e. The summed E-state index contributed by atoms with van der Waals surface area (Å²) in [6, 6.07) is 7.44. The fraction of sp³-hybridized carbons (Fsp3) is 0.438. The Morgan fingerprint density at radius 3 is 2.81 bits per heavy atom. The van der Waals surface area contributed by atoms with Gasteiger partial charge in [0, 0.05) is 25.7 Å². The van der Waals surface area contributed by atoms with Crippen LogP contribution in [0.15, 0.2) is 24.3 Å². The SMILES string of the molecule is Cc1cc(COc2cc(F)cc(CNC3CC3)c2)n(C)n1. The molecular weight excluding hydrogens is 269 g/mol. The molecule has 112 valence electrons. The Balaban J connectivity index is 1.64. The lowest BCUT2D eigenvalue weighted by Crippen LogP contribution is -2.15. The first-order chi connectivity index (χ1) is 10.1. The summed E-state index contributed by atoms with van der Waals surface area (Å²) in [5, 5.41) is 7.64. The summed E-state index contributed by atoms with van der Waals surface area (Å²) in [5.74, 6) is 0.294. The predicted octanol–water partition coefficient (Wildman–Crippen LogP) is 2.70. The molecule has 1 aliphatic carbocycles. The van der Waals surface area contributed by atoms with Crippen molar-refractivity contribution in [2.24, 2.45) is 7.05 Å². The minimum Gasteiger partial charge on any atom is -0.487 e. The van der Waals surface area contributed by atoms with E-state index in [-0.39, 0.29) is 5.82 Å². The average Bonchev–Trinajstić information content (AvgIpc) is 3.19. The van der Waals surface area contributed by atoms with Crippen LogP contribution in [0, 0.1) is 12.7 Å². The average molecular weight is 289 g/mol. The second-order valence-electron chi connectivity index (χ2n) is 5.64. The minimum absolute atomic E-state index is 0.263. The Hall–Kier alpha value is -1.88. The van der Waals surface area contributed by atoms with Gasteiger partial charge in [0.25, 0.3) is 0 Å². The van der Waals surface area contributed by atoms with E-state index in [2.05, 4.69) is 10.4 Å². The number of hydrogen-bond acceptors (Lipinski definition) is 3. The predicted molar refractivity (Wildman–Crippen MR) is 78.5 cm³/mol. The summed E-state index contributed by atoms with van der Waals surface area (Å²) in [7, 11) is 1.88. The van der Waals surface area contributed by atoms with Crippen molar-refractivity contribution in [2.75, 3.05) is 0 Å². The quantitative estimate of drug-likeness (QED) is 0.888. The van der Waals surface area contributed by atoms with E-state index in [1.165, 1.54) is 18.9 Å². The first-order valence-electron chi connectivity index (χ1n) is 7.25. The fourth-order valence-corrected chi connectivity index (χ4v) is 2.31. The van der Waals surface area contributed by atoms with Crippen molar-refractivity contribution in [1.82, 2.24) is 15.1 Å². The summed E-state index contributed by atoms with van der Waals surface area (Å²) in [5.41, 5.74) is 2.83. The number of ether oxygens (including phenoxy) is 1. The second kappa shape index (κ2) is 5.85. The van der Waals surface area contributed by atoms with Crippen LogP contribution in [0.3, 0.4) is 0 Å². The van der Waals surface area contributed by atoms with Gasteiger partial charge in [0.05, 0.1) is 11.4 Å². The number of benzene rings is 1. The van der Waals surface area contributed by atoms with Gasteiger partial charge in [0.1, 0.15) is 18.2 Å². The van der Waals surface area contributed by atoms with Gasteiger partial charge >= 0.3 is 0 Å². The van der Waals surface area contributed by atoms with E-state index in [0.717, 1.165) is 17.0 Å². The zero-order valence-corrected chi connectivity index (χ0v) is 12.4. The number of aryl methyl sites for hydroxylation is 2. The van der Waals surface area contributed by atoms with Crippen molar-refractivity contribution in [2.45, 2.75) is 39.0 Å². The second-order valence-corrected chi connectivity index (χ2v) is 5.64. The van der Waals surface area contributed by atoms with E-state index in [9.17, 15) is 4.39 Å². The molecular formula is C16H20FN3O. The van der Waals surface area contributed by atoms with E-state index >= 15 is 0 Å². The molecule has 1 aromatic heterocycles. The van der Waals surface area contributed by atoms with Crippen LogP contribution in [0.4, 0.5) is 4.39 Å². The third-order valence-corrected chi connectivity index (χ3v) is 3.59. The van der Waals surface area contributed by atoms with Crippen LogP contribution in [0.2, 0.25) is 0 Å². The third-order valence-electron chi connectivity index (χ3n) is 3.59. The maximum Gasteiger partial charge on any atom is 0.130 e. The molecule has 0 aliphatic heterocycles. The number of aromatic nitrogens is 2. The molecule has 3 rings (SSSR count). The molecule has 5 heteroatoms. The van der Waals surface area contributed by atoms with Crippen molar-refractivity contribution in [3.8, 4) is 5.75 Å². The Bertz CT molecular complexity index is 634. The topological polar surface area (TPSA) is 39.1 Å². The summed E-state index contributed by atoms with van der Waals surface area (Å²) in [6.07, 6.45) is 2.44. The molecule has 1 N–H and O–H groups in total. The number of nitrogens with one attached hydrogen (secondary N) is 1. The highest BCUT2D eigenvalue weighted by Crippen LogP contribution is 2.21. The highest BCUT2D eigenvalue weighted by atomic mass is 19.1. The molecule has 1 fully saturated rings. The van der Waals surface area contributed by atoms with Gasteiger partial charge in [-0.1, -0.05) is 0 Å². The third kappa shape index (κ3) is 3.82. The van der Waals surface area contributed by atoms with Crippen LogP contribution in [-0.2, 0) is 20.2 Å². The highest BCUT2D eigenvalue weighted by molar-refractivity contribution is 5.30. The molecule has 0 bridgehead atoms. The van der Waals surface area contributed by atoms with Crippen LogP contribution in [0.5, 0.6) is 5.75 Å². The van der Waals surface area contributed by atoms with Gasteiger partial charge < -0.3 is 10.1 Å². The van der Waals surface area contributed by atoms with Crippen molar-refractivity contribution in [3.63, 3.8) is 0 Å².